The number of carbonyl (C=O) groups excluding carboxylic acids is 1. The highest BCUT2D eigenvalue weighted by Gasteiger charge is 2.43. The van der Waals surface area contributed by atoms with Crippen molar-refractivity contribution in [2.24, 2.45) is 5.41 Å². The molecule has 0 aliphatic heterocycles. The maximum atomic E-state index is 11.8. The molecule has 0 aromatic carbocycles. The number of hydrogen-bond acceptors (Lipinski definition) is 5. The molecule has 1 fully saturated rings. The Labute approximate surface area is 113 Å². The summed E-state index contributed by atoms with van der Waals surface area (Å²) in [5.41, 5.74) is 0.240. The molecule has 1 aliphatic rings. The molecule has 1 aromatic rings. The van der Waals surface area contributed by atoms with Gasteiger partial charge in [0.05, 0.1) is 6.61 Å². The average Bonchev–Trinajstić information content (AvgIpc) is 3.06. The summed E-state index contributed by atoms with van der Waals surface area (Å²) in [4.78, 5) is 11.8. The summed E-state index contributed by atoms with van der Waals surface area (Å²) in [6.45, 7) is 5.51. The molecule has 1 aromatic heterocycles. The summed E-state index contributed by atoms with van der Waals surface area (Å²) < 4.78 is 12.0. The molecule has 0 N–H and O–H groups in total. The van der Waals surface area contributed by atoms with Crippen LogP contribution in [0, 0.1) is 12.3 Å². The van der Waals surface area contributed by atoms with Crippen LogP contribution < -0.4 is 0 Å². The fourth-order valence-electron chi connectivity index (χ4n) is 2.23. The second-order valence-corrected chi connectivity index (χ2v) is 5.12. The van der Waals surface area contributed by atoms with Crippen molar-refractivity contribution >= 4 is 5.97 Å². The molecule has 6 nitrogen and oxygen atoms in total. The zero-order valence-corrected chi connectivity index (χ0v) is 11.8. The van der Waals surface area contributed by atoms with Crippen LogP contribution in [0.25, 0.3) is 0 Å². The van der Waals surface area contributed by atoms with E-state index in [9.17, 15) is 4.79 Å². The van der Waals surface area contributed by atoms with Crippen molar-refractivity contribution in [1.82, 2.24) is 14.8 Å². The molecule has 0 radical (unpaired) electrons. The molecule has 0 atom stereocenters. The second-order valence-electron chi connectivity index (χ2n) is 5.12. The third-order valence-electron chi connectivity index (χ3n) is 3.68. The highest BCUT2D eigenvalue weighted by Crippen LogP contribution is 2.50. The first-order chi connectivity index (χ1) is 9.12. The van der Waals surface area contributed by atoms with E-state index in [4.69, 9.17) is 9.47 Å². The highest BCUT2D eigenvalue weighted by atomic mass is 16.5. The topological polar surface area (TPSA) is 66.2 Å². The van der Waals surface area contributed by atoms with Crippen LogP contribution in [-0.2, 0) is 16.0 Å². The SMILES string of the molecule is CCOC(=O)c1nnc(C)n1CC1(CCOC)CC1. The van der Waals surface area contributed by atoms with Gasteiger partial charge in [-0.2, -0.15) is 0 Å². The van der Waals surface area contributed by atoms with Gasteiger partial charge in [-0.25, -0.2) is 4.79 Å². The van der Waals surface area contributed by atoms with Crippen LogP contribution in [0.3, 0.4) is 0 Å². The molecule has 0 bridgehead atoms. The largest absolute Gasteiger partial charge is 0.460 e. The zero-order chi connectivity index (χ0) is 13.9. The Morgan fingerprint density at radius 1 is 1.42 bits per heavy atom. The van der Waals surface area contributed by atoms with Gasteiger partial charge < -0.3 is 14.0 Å². The molecular weight excluding hydrogens is 246 g/mol. The van der Waals surface area contributed by atoms with E-state index in [1.165, 1.54) is 0 Å². The van der Waals surface area contributed by atoms with E-state index in [0.717, 1.165) is 38.2 Å². The highest BCUT2D eigenvalue weighted by molar-refractivity contribution is 5.85. The van der Waals surface area contributed by atoms with Crippen LogP contribution in [0.5, 0.6) is 0 Å². The smallest absolute Gasteiger partial charge is 0.376 e. The molecule has 6 heteroatoms. The number of methoxy groups -OCH3 is 1. The van der Waals surface area contributed by atoms with Crippen LogP contribution in [-0.4, -0.2) is 41.1 Å². The van der Waals surface area contributed by atoms with E-state index < -0.39 is 5.97 Å². The molecule has 0 unspecified atom stereocenters. The summed E-state index contributed by atoms with van der Waals surface area (Å²) in [6, 6.07) is 0. The van der Waals surface area contributed by atoms with Gasteiger partial charge >= 0.3 is 5.97 Å². The van der Waals surface area contributed by atoms with Gasteiger partial charge in [-0.15, -0.1) is 10.2 Å². The summed E-state index contributed by atoms with van der Waals surface area (Å²) in [5.74, 6) is 0.667. The lowest BCUT2D eigenvalue weighted by Gasteiger charge is -2.17. The lowest BCUT2D eigenvalue weighted by atomic mass is 10.0. The van der Waals surface area contributed by atoms with Gasteiger partial charge in [-0.3, -0.25) is 0 Å². The first-order valence-corrected chi connectivity index (χ1v) is 6.68. The predicted molar refractivity (Wildman–Crippen MR) is 68.9 cm³/mol. The fraction of sp³-hybridized carbons (Fsp3) is 0.769. The van der Waals surface area contributed by atoms with Gasteiger partial charge in [-0.05, 0) is 38.5 Å². The van der Waals surface area contributed by atoms with Gasteiger partial charge in [0.25, 0.3) is 0 Å². The number of carbonyl (C=O) groups is 1. The van der Waals surface area contributed by atoms with Crippen LogP contribution in [0.4, 0.5) is 0 Å². The molecular formula is C13H21N3O3. The fourth-order valence-corrected chi connectivity index (χ4v) is 2.23. The lowest BCUT2D eigenvalue weighted by Crippen LogP contribution is -2.20. The number of rotatable bonds is 7. The number of aromatic nitrogens is 3. The Bertz CT molecular complexity index is 452. The minimum Gasteiger partial charge on any atom is -0.460 e. The second kappa shape index (κ2) is 5.69. The molecule has 1 heterocycles. The molecule has 2 rings (SSSR count). The van der Waals surface area contributed by atoms with Crippen molar-refractivity contribution in [2.45, 2.75) is 39.7 Å². The van der Waals surface area contributed by atoms with E-state index in [1.807, 2.05) is 11.5 Å². The number of hydrogen-bond donors (Lipinski definition) is 0. The monoisotopic (exact) mass is 267 g/mol. The Balaban J connectivity index is 2.11. The molecule has 19 heavy (non-hydrogen) atoms. The average molecular weight is 267 g/mol. The van der Waals surface area contributed by atoms with Crippen LogP contribution in [0.15, 0.2) is 0 Å². The number of aryl methyl sites for hydroxylation is 1. The van der Waals surface area contributed by atoms with Gasteiger partial charge in [0, 0.05) is 20.3 Å². The first kappa shape index (κ1) is 14.0. The molecule has 0 amide bonds. The van der Waals surface area contributed by atoms with E-state index in [1.54, 1.807) is 14.0 Å². The van der Waals surface area contributed by atoms with Gasteiger partial charge in [0.1, 0.15) is 5.82 Å². The molecule has 0 spiro atoms. The lowest BCUT2D eigenvalue weighted by molar-refractivity contribution is 0.0503. The van der Waals surface area contributed by atoms with Gasteiger partial charge in [0.15, 0.2) is 0 Å². The van der Waals surface area contributed by atoms with Crippen molar-refractivity contribution in [3.8, 4) is 0 Å². The van der Waals surface area contributed by atoms with E-state index in [-0.39, 0.29) is 5.41 Å². The van der Waals surface area contributed by atoms with Crippen LogP contribution in [0.2, 0.25) is 0 Å². The zero-order valence-electron chi connectivity index (χ0n) is 11.8. The van der Waals surface area contributed by atoms with E-state index in [0.29, 0.717) is 12.4 Å². The standard InChI is InChI=1S/C13H21N3O3/c1-4-19-12(17)11-15-14-10(2)16(11)9-13(5-6-13)7-8-18-3/h4-9H2,1-3H3. The summed E-state index contributed by atoms with van der Waals surface area (Å²) in [5, 5.41) is 7.93. The van der Waals surface area contributed by atoms with Crippen molar-refractivity contribution in [3.63, 3.8) is 0 Å². The van der Waals surface area contributed by atoms with Crippen LogP contribution >= 0.6 is 0 Å². The van der Waals surface area contributed by atoms with E-state index in [2.05, 4.69) is 10.2 Å². The number of esters is 1. The summed E-state index contributed by atoms with van der Waals surface area (Å²) in [6.07, 6.45) is 3.33. The first-order valence-electron chi connectivity index (χ1n) is 6.68. The van der Waals surface area contributed by atoms with E-state index >= 15 is 0 Å². The van der Waals surface area contributed by atoms with Gasteiger partial charge in [0.2, 0.25) is 5.82 Å². The number of ether oxygens (including phenoxy) is 2. The molecule has 1 aliphatic carbocycles. The minimum atomic E-state index is -0.398. The van der Waals surface area contributed by atoms with Crippen molar-refractivity contribution in [1.29, 1.82) is 0 Å². The Morgan fingerprint density at radius 2 is 2.16 bits per heavy atom. The maximum Gasteiger partial charge on any atom is 0.376 e. The summed E-state index contributed by atoms with van der Waals surface area (Å²) in [7, 11) is 1.71. The Kier molecular flexibility index (Phi) is 4.19. The Hall–Kier alpha value is -1.43. The van der Waals surface area contributed by atoms with Gasteiger partial charge in [-0.1, -0.05) is 0 Å². The maximum absolute atomic E-state index is 11.8. The third kappa shape index (κ3) is 3.12. The quantitative estimate of drug-likeness (QED) is 0.702. The molecule has 1 saturated carbocycles. The number of nitrogens with zero attached hydrogens (tertiary/aromatic N) is 3. The summed E-state index contributed by atoms with van der Waals surface area (Å²) >= 11 is 0. The van der Waals surface area contributed by atoms with Crippen molar-refractivity contribution in [3.05, 3.63) is 11.6 Å². The molecule has 0 saturated heterocycles. The third-order valence-corrected chi connectivity index (χ3v) is 3.68. The van der Waals surface area contributed by atoms with Crippen molar-refractivity contribution in [2.75, 3.05) is 20.3 Å². The van der Waals surface area contributed by atoms with Crippen LogP contribution in [0.1, 0.15) is 42.6 Å². The Morgan fingerprint density at radius 3 is 2.74 bits per heavy atom. The molecule has 106 valence electrons. The predicted octanol–water partition coefficient (Wildman–Crippen LogP) is 1.58. The minimum absolute atomic E-state index is 0.240. The van der Waals surface area contributed by atoms with Crippen molar-refractivity contribution < 1.29 is 14.3 Å². The normalized spacial score (nSPS) is 16.4.